The van der Waals surface area contributed by atoms with Gasteiger partial charge >= 0.3 is 0 Å². The molecule has 3 heteroatoms. The third-order valence-corrected chi connectivity index (χ3v) is 4.51. The summed E-state index contributed by atoms with van der Waals surface area (Å²) in [7, 11) is 0. The molecule has 0 saturated carbocycles. The van der Waals surface area contributed by atoms with Crippen molar-refractivity contribution in [2.45, 2.75) is 13.8 Å². The van der Waals surface area contributed by atoms with Gasteiger partial charge in [0.05, 0.1) is 11.2 Å². The minimum absolute atomic E-state index is 0.394. The van der Waals surface area contributed by atoms with Crippen LogP contribution in [0.3, 0.4) is 0 Å². The second-order valence-corrected chi connectivity index (χ2v) is 6.68. The summed E-state index contributed by atoms with van der Waals surface area (Å²) in [5, 5.41) is 11.7. The van der Waals surface area contributed by atoms with Crippen LogP contribution in [-0.4, -0.2) is 9.78 Å². The Balaban J connectivity index is 1.71. The van der Waals surface area contributed by atoms with Crippen LogP contribution >= 0.6 is 0 Å². The third kappa shape index (κ3) is 3.01. The molecule has 0 aliphatic rings. The van der Waals surface area contributed by atoms with E-state index >= 15 is 0 Å². The van der Waals surface area contributed by atoms with Gasteiger partial charge in [0.25, 0.3) is 0 Å². The highest BCUT2D eigenvalue weighted by molar-refractivity contribution is 5.85. The molecule has 1 aromatic heterocycles. The van der Waals surface area contributed by atoms with Gasteiger partial charge in [0, 0.05) is 23.0 Å². The maximum absolute atomic E-state index is 4.75. The maximum Gasteiger partial charge on any atom is 0.0948 e. The zero-order valence-corrected chi connectivity index (χ0v) is 14.5. The molecule has 4 aromatic rings. The molecule has 0 spiro atoms. The molecule has 0 unspecified atom stereocenters. The summed E-state index contributed by atoms with van der Waals surface area (Å²) in [6.45, 7) is 8.33. The summed E-state index contributed by atoms with van der Waals surface area (Å²) in [5.74, 6) is 0.394. The van der Waals surface area contributed by atoms with E-state index in [1.807, 2.05) is 4.68 Å². The lowest BCUT2D eigenvalue weighted by molar-refractivity contribution is 0.778. The van der Waals surface area contributed by atoms with Crippen molar-refractivity contribution in [3.05, 3.63) is 79.1 Å². The Kier molecular flexibility index (Phi) is 3.77. The topological polar surface area (TPSA) is 29.9 Å². The smallest absolute Gasteiger partial charge is 0.0948 e. The zero-order valence-electron chi connectivity index (χ0n) is 14.5. The van der Waals surface area contributed by atoms with Crippen LogP contribution < -0.4 is 5.32 Å². The van der Waals surface area contributed by atoms with Gasteiger partial charge < -0.3 is 5.32 Å². The van der Waals surface area contributed by atoms with Gasteiger partial charge in [-0.05, 0) is 47.0 Å². The first-order valence-electron chi connectivity index (χ1n) is 8.54. The minimum atomic E-state index is 0.394. The predicted octanol–water partition coefficient (Wildman–Crippen LogP) is 5.76. The molecule has 0 radical (unpaired) electrons. The molecule has 1 N–H and O–H groups in total. The van der Waals surface area contributed by atoms with Crippen molar-refractivity contribution in [2.75, 3.05) is 5.32 Å². The van der Waals surface area contributed by atoms with Crippen molar-refractivity contribution in [3.8, 4) is 5.69 Å². The van der Waals surface area contributed by atoms with E-state index in [9.17, 15) is 0 Å². The number of allylic oxidation sites excluding steroid dienone is 1. The Bertz CT molecular complexity index is 1070. The summed E-state index contributed by atoms with van der Waals surface area (Å²) < 4.78 is 1.94. The first kappa shape index (κ1) is 15.5. The Labute approximate surface area is 147 Å². The molecular weight excluding hydrogens is 306 g/mol. The lowest BCUT2D eigenvalue weighted by atomic mass is 10.1. The van der Waals surface area contributed by atoms with Gasteiger partial charge in [-0.15, -0.1) is 0 Å². The molecule has 0 aliphatic heterocycles. The van der Waals surface area contributed by atoms with Crippen molar-refractivity contribution in [2.24, 2.45) is 5.92 Å². The van der Waals surface area contributed by atoms with E-state index in [0.29, 0.717) is 5.92 Å². The SMILES string of the molecule is C=C(Nc1ccc2cn(-c3ccc4ccccc4c3)nc2c1)C(C)C. The zero-order chi connectivity index (χ0) is 17.4. The molecule has 0 fully saturated rings. The van der Waals surface area contributed by atoms with E-state index in [0.717, 1.165) is 28.0 Å². The molecule has 0 amide bonds. The number of nitrogens with zero attached hydrogens (tertiary/aromatic N) is 2. The highest BCUT2D eigenvalue weighted by Gasteiger charge is 2.06. The van der Waals surface area contributed by atoms with Gasteiger partial charge in [-0.3, -0.25) is 0 Å². The van der Waals surface area contributed by atoms with Crippen molar-refractivity contribution in [3.63, 3.8) is 0 Å². The fraction of sp³-hybridized carbons (Fsp3) is 0.136. The van der Waals surface area contributed by atoms with E-state index in [2.05, 4.69) is 92.6 Å². The summed E-state index contributed by atoms with van der Waals surface area (Å²) in [5.41, 5.74) is 4.06. The third-order valence-electron chi connectivity index (χ3n) is 4.51. The number of rotatable bonds is 4. The first-order chi connectivity index (χ1) is 12.1. The van der Waals surface area contributed by atoms with E-state index in [1.165, 1.54) is 10.8 Å². The van der Waals surface area contributed by atoms with Crippen LogP contribution in [0.25, 0.3) is 27.4 Å². The molecule has 4 rings (SSSR count). The number of nitrogens with one attached hydrogen (secondary N) is 1. The highest BCUT2D eigenvalue weighted by Crippen LogP contribution is 2.23. The first-order valence-corrected chi connectivity index (χ1v) is 8.54. The lowest BCUT2D eigenvalue weighted by Crippen LogP contribution is -2.04. The summed E-state index contributed by atoms with van der Waals surface area (Å²) in [4.78, 5) is 0. The maximum atomic E-state index is 4.75. The van der Waals surface area contributed by atoms with Gasteiger partial charge in [0.15, 0.2) is 0 Å². The summed E-state index contributed by atoms with van der Waals surface area (Å²) in [6, 6.07) is 21.0. The molecular formula is C22H21N3. The standard InChI is InChI=1S/C22H21N3/c1-15(2)16(3)23-20-10-8-19-14-25(24-22(19)13-20)21-11-9-17-6-4-5-7-18(17)12-21/h4-15,23H,3H2,1-2H3. The molecule has 0 atom stereocenters. The van der Waals surface area contributed by atoms with Gasteiger partial charge in [-0.2, -0.15) is 5.10 Å². The normalized spacial score (nSPS) is 11.3. The van der Waals surface area contributed by atoms with Crippen molar-refractivity contribution < 1.29 is 0 Å². The van der Waals surface area contributed by atoms with E-state index < -0.39 is 0 Å². The monoisotopic (exact) mass is 327 g/mol. The number of anilines is 1. The van der Waals surface area contributed by atoms with E-state index in [1.54, 1.807) is 0 Å². The molecule has 3 aromatic carbocycles. The van der Waals surface area contributed by atoms with Crippen LogP contribution in [0.2, 0.25) is 0 Å². The van der Waals surface area contributed by atoms with Gasteiger partial charge in [0.2, 0.25) is 0 Å². The molecule has 124 valence electrons. The van der Waals surface area contributed by atoms with Crippen LogP contribution in [0.5, 0.6) is 0 Å². The number of hydrogen-bond acceptors (Lipinski definition) is 2. The van der Waals surface area contributed by atoms with Gasteiger partial charge in [-0.1, -0.05) is 50.8 Å². The second-order valence-electron chi connectivity index (χ2n) is 6.68. The van der Waals surface area contributed by atoms with E-state index in [4.69, 9.17) is 5.10 Å². The largest absolute Gasteiger partial charge is 0.359 e. The molecule has 3 nitrogen and oxygen atoms in total. The average molecular weight is 327 g/mol. The number of aromatic nitrogens is 2. The second kappa shape index (κ2) is 6.10. The molecule has 1 heterocycles. The minimum Gasteiger partial charge on any atom is -0.359 e. The van der Waals surface area contributed by atoms with Crippen molar-refractivity contribution >= 4 is 27.4 Å². The predicted molar refractivity (Wildman–Crippen MR) is 106 cm³/mol. The number of benzene rings is 3. The van der Waals surface area contributed by atoms with Crippen molar-refractivity contribution in [1.29, 1.82) is 0 Å². The summed E-state index contributed by atoms with van der Waals surface area (Å²) >= 11 is 0. The molecule has 0 aliphatic carbocycles. The van der Waals surface area contributed by atoms with Crippen LogP contribution in [0.4, 0.5) is 5.69 Å². The molecule has 25 heavy (non-hydrogen) atoms. The van der Waals surface area contributed by atoms with Crippen LogP contribution in [0.15, 0.2) is 79.1 Å². The van der Waals surface area contributed by atoms with Crippen LogP contribution in [-0.2, 0) is 0 Å². The van der Waals surface area contributed by atoms with Gasteiger partial charge in [-0.25, -0.2) is 4.68 Å². The Morgan fingerprint density at radius 3 is 2.52 bits per heavy atom. The lowest BCUT2D eigenvalue weighted by Gasteiger charge is -2.12. The Hall–Kier alpha value is -3.07. The fourth-order valence-corrected chi connectivity index (χ4v) is 2.88. The Morgan fingerprint density at radius 1 is 0.960 bits per heavy atom. The molecule has 0 saturated heterocycles. The quantitative estimate of drug-likeness (QED) is 0.516. The highest BCUT2D eigenvalue weighted by atomic mass is 15.3. The summed E-state index contributed by atoms with van der Waals surface area (Å²) in [6.07, 6.45) is 2.07. The van der Waals surface area contributed by atoms with Crippen molar-refractivity contribution in [1.82, 2.24) is 9.78 Å². The Morgan fingerprint density at radius 2 is 1.72 bits per heavy atom. The van der Waals surface area contributed by atoms with Crippen LogP contribution in [0, 0.1) is 5.92 Å². The number of fused-ring (bicyclic) bond motifs is 2. The van der Waals surface area contributed by atoms with Crippen LogP contribution in [0.1, 0.15) is 13.8 Å². The van der Waals surface area contributed by atoms with E-state index in [-0.39, 0.29) is 0 Å². The van der Waals surface area contributed by atoms with Gasteiger partial charge in [0.1, 0.15) is 0 Å². The fourth-order valence-electron chi connectivity index (χ4n) is 2.88. The average Bonchev–Trinajstić information content (AvgIpc) is 3.04. The molecule has 0 bridgehead atoms. The number of hydrogen-bond donors (Lipinski definition) is 1.